The van der Waals surface area contributed by atoms with Gasteiger partial charge in [-0.05, 0) is 32.1 Å². The Morgan fingerprint density at radius 1 is 0.661 bits per heavy atom. The second-order valence-electron chi connectivity index (χ2n) is 15.6. The van der Waals surface area contributed by atoms with Gasteiger partial charge >= 0.3 is 16.4 Å². The number of unbranched alkanes of at least 4 members (excludes halogenated alkanes) is 24. The van der Waals surface area contributed by atoms with Crippen LogP contribution in [-0.4, -0.2) is 97.5 Å². The lowest BCUT2D eigenvalue weighted by molar-refractivity contribution is -0.301. The van der Waals surface area contributed by atoms with Gasteiger partial charge in [0.1, 0.15) is 30.5 Å². The zero-order chi connectivity index (χ0) is 41.1. The molecule has 0 bridgehead atoms. The van der Waals surface area contributed by atoms with Crippen LogP contribution < -0.4 is 0 Å². The topological polar surface area (TPSA) is 178 Å². The largest absolute Gasteiger partial charge is 0.457 e. The van der Waals surface area contributed by atoms with Crippen molar-refractivity contribution in [3.05, 3.63) is 12.2 Å². The number of carbonyl (C=O) groups is 1. The molecule has 1 aliphatic heterocycles. The van der Waals surface area contributed by atoms with E-state index in [4.69, 9.17) is 23.5 Å². The molecule has 1 rings (SSSR count). The molecule has 0 spiro atoms. The van der Waals surface area contributed by atoms with Gasteiger partial charge in [0.05, 0.1) is 19.8 Å². The Labute approximate surface area is 340 Å². The van der Waals surface area contributed by atoms with Crippen LogP contribution in [0.15, 0.2) is 12.2 Å². The first-order valence-corrected chi connectivity index (χ1v) is 23.8. The standard InChI is InChI=1S/C43H82O12S/c1-3-5-7-9-11-13-15-16-17-18-19-20-21-23-25-27-29-31-33-51-35-37(53-39(45)32-30-28-26-24-22-14-12-10-8-6-4-2)36-52-43-41(47)42(55-56(48,49)50)40(46)38(34-44)54-43/h10,12,37-38,40-44,46-47H,3-9,11,13-36H2,1-2H3,(H,48,49,50)/b12-10-. The second kappa shape index (κ2) is 35.8. The molecule has 0 saturated carbocycles. The highest BCUT2D eigenvalue weighted by Gasteiger charge is 2.48. The van der Waals surface area contributed by atoms with Crippen LogP contribution in [0.1, 0.15) is 194 Å². The normalized spacial score (nSPS) is 20.9. The fourth-order valence-electron chi connectivity index (χ4n) is 6.95. The quantitative estimate of drug-likeness (QED) is 0.0200. The van der Waals surface area contributed by atoms with E-state index in [1.165, 1.54) is 109 Å². The van der Waals surface area contributed by atoms with Crippen molar-refractivity contribution in [2.45, 2.75) is 230 Å². The van der Waals surface area contributed by atoms with Crippen molar-refractivity contribution in [3.63, 3.8) is 0 Å². The van der Waals surface area contributed by atoms with Gasteiger partial charge in [0.2, 0.25) is 0 Å². The number of carbonyl (C=O) groups excluding carboxylic acids is 1. The lowest BCUT2D eigenvalue weighted by atomic mass is 9.99. The van der Waals surface area contributed by atoms with Crippen LogP contribution in [0, 0.1) is 0 Å². The van der Waals surface area contributed by atoms with Crippen LogP contribution in [0.3, 0.4) is 0 Å². The summed E-state index contributed by atoms with van der Waals surface area (Å²) in [7, 11) is -5.06. The monoisotopic (exact) mass is 823 g/mol. The molecule has 6 atom stereocenters. The van der Waals surface area contributed by atoms with Gasteiger partial charge in [0, 0.05) is 13.0 Å². The first kappa shape index (κ1) is 52.9. The summed E-state index contributed by atoms with van der Waals surface area (Å²) in [6.45, 7) is 3.96. The van der Waals surface area contributed by atoms with E-state index < -0.39 is 59.8 Å². The van der Waals surface area contributed by atoms with E-state index in [0.717, 1.165) is 57.8 Å². The average Bonchev–Trinajstić information content (AvgIpc) is 3.17. The van der Waals surface area contributed by atoms with Gasteiger partial charge in [-0.15, -0.1) is 0 Å². The first-order chi connectivity index (χ1) is 27.1. The SMILES string of the molecule is CCCC/C=C\CCCCCCCC(=O)OC(COCCCCCCCCCCCCCCCCCCCC)COC1OC(CO)C(O)C(OS(=O)(=O)O)C1O. The van der Waals surface area contributed by atoms with Gasteiger partial charge < -0.3 is 34.3 Å². The lowest BCUT2D eigenvalue weighted by Crippen LogP contribution is -2.60. The maximum absolute atomic E-state index is 12.8. The second-order valence-corrected chi connectivity index (χ2v) is 16.7. The fraction of sp³-hybridized carbons (Fsp3) is 0.930. The molecule has 6 unspecified atom stereocenters. The zero-order valence-electron chi connectivity index (χ0n) is 35.2. The predicted molar refractivity (Wildman–Crippen MR) is 221 cm³/mol. The Morgan fingerprint density at radius 2 is 1.14 bits per heavy atom. The third kappa shape index (κ3) is 29.1. The number of aliphatic hydroxyl groups is 3. The summed E-state index contributed by atoms with van der Waals surface area (Å²) in [5, 5.41) is 30.6. The molecule has 1 fully saturated rings. The molecule has 1 saturated heterocycles. The van der Waals surface area contributed by atoms with E-state index in [2.05, 4.69) is 30.2 Å². The van der Waals surface area contributed by atoms with Crippen LogP contribution in [0.25, 0.3) is 0 Å². The van der Waals surface area contributed by atoms with E-state index in [0.29, 0.717) is 13.0 Å². The molecule has 0 aromatic rings. The summed E-state index contributed by atoms with van der Waals surface area (Å²) < 4.78 is 59.0. The minimum absolute atomic E-state index is 0.0380. The molecule has 4 N–H and O–H groups in total. The van der Waals surface area contributed by atoms with Crippen molar-refractivity contribution < 1.29 is 56.2 Å². The fourth-order valence-corrected chi connectivity index (χ4v) is 7.46. The number of aliphatic hydroxyl groups excluding tert-OH is 3. The molecule has 0 aromatic heterocycles. The summed E-state index contributed by atoms with van der Waals surface area (Å²) in [4.78, 5) is 12.8. The van der Waals surface area contributed by atoms with Gasteiger partial charge in [0.15, 0.2) is 6.29 Å². The van der Waals surface area contributed by atoms with Crippen molar-refractivity contribution in [3.8, 4) is 0 Å². The van der Waals surface area contributed by atoms with Crippen molar-refractivity contribution in [1.29, 1.82) is 0 Å². The molecular weight excluding hydrogens is 741 g/mol. The molecule has 1 heterocycles. The van der Waals surface area contributed by atoms with Crippen LogP contribution in [0.5, 0.6) is 0 Å². The zero-order valence-corrected chi connectivity index (χ0v) is 36.0. The maximum Gasteiger partial charge on any atom is 0.397 e. The molecule has 0 aromatic carbocycles. The Morgan fingerprint density at radius 3 is 1.66 bits per heavy atom. The number of allylic oxidation sites excluding steroid dienone is 2. The Balaban J connectivity index is 2.39. The minimum atomic E-state index is -5.06. The third-order valence-electron chi connectivity index (χ3n) is 10.4. The molecule has 56 heavy (non-hydrogen) atoms. The summed E-state index contributed by atoms with van der Waals surface area (Å²) >= 11 is 0. The molecule has 0 aliphatic carbocycles. The molecule has 0 amide bonds. The Bertz CT molecular complexity index is 1040. The molecule has 13 heteroatoms. The van der Waals surface area contributed by atoms with E-state index in [1.807, 2.05) is 0 Å². The van der Waals surface area contributed by atoms with Crippen LogP contribution in [0.2, 0.25) is 0 Å². The van der Waals surface area contributed by atoms with E-state index in [9.17, 15) is 28.5 Å². The van der Waals surface area contributed by atoms with E-state index >= 15 is 0 Å². The summed E-state index contributed by atoms with van der Waals surface area (Å²) in [5.74, 6) is -0.407. The predicted octanol–water partition coefficient (Wildman–Crippen LogP) is 9.08. The van der Waals surface area contributed by atoms with Crippen molar-refractivity contribution in [2.24, 2.45) is 0 Å². The van der Waals surface area contributed by atoms with Gasteiger partial charge in [-0.1, -0.05) is 167 Å². The number of ether oxygens (including phenoxy) is 4. The molecule has 332 valence electrons. The van der Waals surface area contributed by atoms with Crippen molar-refractivity contribution in [2.75, 3.05) is 26.4 Å². The third-order valence-corrected chi connectivity index (χ3v) is 10.9. The lowest BCUT2D eigenvalue weighted by Gasteiger charge is -2.41. The molecule has 1 aliphatic rings. The maximum atomic E-state index is 12.8. The van der Waals surface area contributed by atoms with Crippen molar-refractivity contribution >= 4 is 16.4 Å². The average molecular weight is 823 g/mol. The molecular formula is C43H82O12S. The van der Waals surface area contributed by atoms with Crippen LogP contribution in [0.4, 0.5) is 0 Å². The summed E-state index contributed by atoms with van der Waals surface area (Å²) in [6.07, 6.45) is 28.2. The number of hydrogen-bond donors (Lipinski definition) is 4. The summed E-state index contributed by atoms with van der Waals surface area (Å²) in [5.41, 5.74) is 0. The molecule has 12 nitrogen and oxygen atoms in total. The van der Waals surface area contributed by atoms with Crippen LogP contribution in [-0.2, 0) is 38.3 Å². The minimum Gasteiger partial charge on any atom is -0.457 e. The van der Waals surface area contributed by atoms with Crippen LogP contribution >= 0.6 is 0 Å². The first-order valence-electron chi connectivity index (χ1n) is 22.4. The summed E-state index contributed by atoms with van der Waals surface area (Å²) in [6, 6.07) is 0. The number of hydrogen-bond acceptors (Lipinski definition) is 11. The van der Waals surface area contributed by atoms with Gasteiger partial charge in [-0.25, -0.2) is 4.18 Å². The highest BCUT2D eigenvalue weighted by molar-refractivity contribution is 7.80. The molecule has 0 radical (unpaired) electrons. The van der Waals surface area contributed by atoms with Gasteiger partial charge in [0.25, 0.3) is 0 Å². The van der Waals surface area contributed by atoms with E-state index in [1.54, 1.807) is 0 Å². The number of rotatable bonds is 39. The van der Waals surface area contributed by atoms with Crippen molar-refractivity contribution in [1.82, 2.24) is 0 Å². The highest BCUT2D eigenvalue weighted by atomic mass is 32.3. The Hall–Kier alpha value is -1.16. The highest BCUT2D eigenvalue weighted by Crippen LogP contribution is 2.26. The van der Waals surface area contributed by atoms with Gasteiger partial charge in [-0.3, -0.25) is 9.35 Å². The van der Waals surface area contributed by atoms with Gasteiger partial charge in [-0.2, -0.15) is 8.42 Å². The Kier molecular flexibility index (Phi) is 33.7. The van der Waals surface area contributed by atoms with E-state index in [-0.39, 0.29) is 19.6 Å². The number of esters is 1. The smallest absolute Gasteiger partial charge is 0.397 e.